The number of nitrogens with one attached hydrogen (secondary N) is 2. The van der Waals surface area contributed by atoms with Crippen LogP contribution in [-0.4, -0.2) is 29.9 Å². The largest absolute Gasteiger partial charge is 0.495 e. The highest BCUT2D eigenvalue weighted by atomic mass is 35.5. The molecule has 132 valence electrons. The predicted octanol–water partition coefficient (Wildman–Crippen LogP) is 4.05. The normalized spacial score (nSPS) is 11.5. The van der Waals surface area contributed by atoms with Crippen LogP contribution in [0.4, 0.5) is 11.4 Å². The number of carbonyl (C=O) groups is 2. The van der Waals surface area contributed by atoms with Gasteiger partial charge in [-0.3, -0.25) is 9.59 Å². The molecule has 1 unspecified atom stereocenters. The van der Waals surface area contributed by atoms with Crippen LogP contribution in [0.5, 0.6) is 5.75 Å². The smallest absolute Gasteiger partial charge is 0.237 e. The van der Waals surface area contributed by atoms with E-state index in [-0.39, 0.29) is 22.8 Å². The topological polar surface area (TPSA) is 67.4 Å². The Bertz CT molecular complexity index is 737. The molecule has 2 aromatic carbocycles. The molecule has 0 radical (unpaired) electrons. The first kappa shape index (κ1) is 19.1. The van der Waals surface area contributed by atoms with Crippen LogP contribution in [0, 0.1) is 0 Å². The number of hydrogen-bond donors (Lipinski definition) is 2. The first-order valence-corrected chi connectivity index (χ1v) is 9.03. The van der Waals surface area contributed by atoms with E-state index in [0.717, 1.165) is 0 Å². The second kappa shape index (κ2) is 9.34. The number of benzene rings is 2. The summed E-state index contributed by atoms with van der Waals surface area (Å²) >= 11 is 7.06. The SMILES string of the molecule is COc1ccccc1NC(=O)C(C)SCC(=O)Nc1ccc(Cl)cc1. The highest BCUT2D eigenvalue weighted by Crippen LogP contribution is 2.24. The number of amides is 2. The Balaban J connectivity index is 1.82. The van der Waals surface area contributed by atoms with Crippen LogP contribution in [0.3, 0.4) is 0 Å². The Hall–Kier alpha value is -2.18. The van der Waals surface area contributed by atoms with Crippen molar-refractivity contribution in [2.45, 2.75) is 12.2 Å². The van der Waals surface area contributed by atoms with E-state index in [4.69, 9.17) is 16.3 Å². The minimum Gasteiger partial charge on any atom is -0.495 e. The fourth-order valence-corrected chi connectivity index (χ4v) is 2.80. The van der Waals surface area contributed by atoms with E-state index in [2.05, 4.69) is 10.6 Å². The van der Waals surface area contributed by atoms with Gasteiger partial charge in [0.1, 0.15) is 5.75 Å². The minimum absolute atomic E-state index is 0.170. The molecule has 7 heteroatoms. The molecule has 0 aliphatic carbocycles. The van der Waals surface area contributed by atoms with E-state index in [9.17, 15) is 9.59 Å². The molecule has 1 atom stereocenters. The lowest BCUT2D eigenvalue weighted by Crippen LogP contribution is -2.25. The molecule has 2 N–H and O–H groups in total. The fourth-order valence-electron chi connectivity index (χ4n) is 1.99. The number of ether oxygens (including phenoxy) is 1. The molecule has 0 bridgehead atoms. The van der Waals surface area contributed by atoms with E-state index >= 15 is 0 Å². The van der Waals surface area contributed by atoms with Crippen LogP contribution in [-0.2, 0) is 9.59 Å². The number of thioether (sulfide) groups is 1. The molecule has 0 spiro atoms. The zero-order valence-corrected chi connectivity index (χ0v) is 15.5. The summed E-state index contributed by atoms with van der Waals surface area (Å²) in [7, 11) is 1.55. The number of anilines is 2. The van der Waals surface area contributed by atoms with Gasteiger partial charge in [-0.2, -0.15) is 0 Å². The van der Waals surface area contributed by atoms with E-state index in [0.29, 0.717) is 22.1 Å². The third-order valence-electron chi connectivity index (χ3n) is 3.33. The van der Waals surface area contributed by atoms with Gasteiger partial charge in [0.2, 0.25) is 11.8 Å². The maximum atomic E-state index is 12.3. The highest BCUT2D eigenvalue weighted by Gasteiger charge is 2.17. The molecule has 0 aromatic heterocycles. The van der Waals surface area contributed by atoms with E-state index in [1.54, 1.807) is 50.4 Å². The van der Waals surface area contributed by atoms with Crippen molar-refractivity contribution in [2.75, 3.05) is 23.5 Å². The molecule has 2 aromatic rings. The zero-order chi connectivity index (χ0) is 18.2. The number of carbonyl (C=O) groups excluding carboxylic acids is 2. The van der Waals surface area contributed by atoms with Gasteiger partial charge < -0.3 is 15.4 Å². The Labute approximate surface area is 156 Å². The van der Waals surface area contributed by atoms with Crippen molar-refractivity contribution in [3.8, 4) is 5.75 Å². The average molecular weight is 379 g/mol. The lowest BCUT2D eigenvalue weighted by atomic mass is 10.3. The lowest BCUT2D eigenvalue weighted by molar-refractivity contribution is -0.115. The van der Waals surface area contributed by atoms with Crippen molar-refractivity contribution < 1.29 is 14.3 Å². The van der Waals surface area contributed by atoms with Crippen molar-refractivity contribution in [1.29, 1.82) is 0 Å². The highest BCUT2D eigenvalue weighted by molar-refractivity contribution is 8.01. The monoisotopic (exact) mass is 378 g/mol. The molecule has 0 fully saturated rings. The van der Waals surface area contributed by atoms with Crippen LogP contribution in [0.1, 0.15) is 6.92 Å². The second-order valence-corrected chi connectivity index (χ2v) is 6.96. The van der Waals surface area contributed by atoms with E-state index in [1.165, 1.54) is 11.8 Å². The summed E-state index contributed by atoms with van der Waals surface area (Å²) in [5.74, 6) is 0.398. The number of halogens is 1. The lowest BCUT2D eigenvalue weighted by Gasteiger charge is -2.14. The summed E-state index contributed by atoms with van der Waals surface area (Å²) in [4.78, 5) is 24.2. The van der Waals surface area contributed by atoms with Gasteiger partial charge in [-0.15, -0.1) is 11.8 Å². The second-order valence-electron chi connectivity index (χ2n) is 5.20. The van der Waals surface area contributed by atoms with Gasteiger partial charge in [0.05, 0.1) is 23.8 Å². The number of para-hydroxylation sites is 2. The maximum Gasteiger partial charge on any atom is 0.237 e. The van der Waals surface area contributed by atoms with Crippen LogP contribution in [0.15, 0.2) is 48.5 Å². The Morgan fingerprint density at radius 2 is 1.80 bits per heavy atom. The van der Waals surface area contributed by atoms with Crippen molar-refractivity contribution in [3.63, 3.8) is 0 Å². The summed E-state index contributed by atoms with van der Waals surface area (Å²) in [6.45, 7) is 1.75. The molecule has 2 rings (SSSR count). The first-order chi connectivity index (χ1) is 12.0. The molecular formula is C18H19ClN2O3S. The molecule has 2 amide bonds. The van der Waals surface area contributed by atoms with Gasteiger partial charge in [0, 0.05) is 10.7 Å². The average Bonchev–Trinajstić information content (AvgIpc) is 2.62. The van der Waals surface area contributed by atoms with Gasteiger partial charge in [0.15, 0.2) is 0 Å². The summed E-state index contributed by atoms with van der Waals surface area (Å²) in [6, 6.07) is 14.0. The van der Waals surface area contributed by atoms with Crippen LogP contribution in [0.2, 0.25) is 5.02 Å². The van der Waals surface area contributed by atoms with Gasteiger partial charge in [-0.1, -0.05) is 23.7 Å². The Morgan fingerprint density at radius 3 is 2.48 bits per heavy atom. The first-order valence-electron chi connectivity index (χ1n) is 7.60. The predicted molar refractivity (Wildman–Crippen MR) is 104 cm³/mol. The standard InChI is InChI=1S/C18H19ClN2O3S/c1-12(18(23)21-15-5-3-4-6-16(15)24-2)25-11-17(22)20-14-9-7-13(19)8-10-14/h3-10,12H,11H2,1-2H3,(H,20,22)(H,21,23). The van der Waals surface area contributed by atoms with E-state index < -0.39 is 0 Å². The summed E-state index contributed by atoms with van der Waals surface area (Å²) in [5.41, 5.74) is 1.27. The number of methoxy groups -OCH3 is 1. The summed E-state index contributed by atoms with van der Waals surface area (Å²) in [5, 5.41) is 5.79. The van der Waals surface area contributed by atoms with E-state index in [1.807, 2.05) is 12.1 Å². The maximum absolute atomic E-state index is 12.3. The summed E-state index contributed by atoms with van der Waals surface area (Å²) in [6.07, 6.45) is 0. The summed E-state index contributed by atoms with van der Waals surface area (Å²) < 4.78 is 5.20. The Morgan fingerprint density at radius 1 is 1.12 bits per heavy atom. The third kappa shape index (κ3) is 5.99. The molecular weight excluding hydrogens is 360 g/mol. The van der Waals surface area contributed by atoms with Crippen molar-refractivity contribution in [2.24, 2.45) is 0 Å². The Kier molecular flexibility index (Phi) is 7.16. The molecule has 0 aliphatic rings. The van der Waals surface area contributed by atoms with Crippen molar-refractivity contribution in [1.82, 2.24) is 0 Å². The molecule has 0 heterocycles. The molecule has 25 heavy (non-hydrogen) atoms. The van der Waals surface area contributed by atoms with Gasteiger partial charge >= 0.3 is 0 Å². The quantitative estimate of drug-likeness (QED) is 0.762. The molecule has 5 nitrogen and oxygen atoms in total. The fraction of sp³-hybridized carbons (Fsp3) is 0.222. The number of rotatable bonds is 7. The van der Waals surface area contributed by atoms with Gasteiger partial charge in [-0.05, 0) is 43.3 Å². The molecule has 0 saturated heterocycles. The van der Waals surface area contributed by atoms with Crippen LogP contribution >= 0.6 is 23.4 Å². The zero-order valence-electron chi connectivity index (χ0n) is 13.9. The van der Waals surface area contributed by atoms with Crippen LogP contribution in [0.25, 0.3) is 0 Å². The van der Waals surface area contributed by atoms with Gasteiger partial charge in [-0.25, -0.2) is 0 Å². The number of hydrogen-bond acceptors (Lipinski definition) is 4. The molecule has 0 saturated carbocycles. The van der Waals surface area contributed by atoms with Crippen molar-refractivity contribution >= 4 is 46.6 Å². The van der Waals surface area contributed by atoms with Crippen molar-refractivity contribution in [3.05, 3.63) is 53.6 Å². The third-order valence-corrected chi connectivity index (χ3v) is 4.72. The minimum atomic E-state index is -0.388. The van der Waals surface area contributed by atoms with Crippen LogP contribution < -0.4 is 15.4 Å². The molecule has 0 aliphatic heterocycles. The van der Waals surface area contributed by atoms with Gasteiger partial charge in [0.25, 0.3) is 0 Å².